The van der Waals surface area contributed by atoms with Gasteiger partial charge in [-0.15, -0.1) is 11.3 Å². The van der Waals surface area contributed by atoms with Crippen LogP contribution in [0.1, 0.15) is 122 Å². The molecule has 1 saturated heterocycles. The van der Waals surface area contributed by atoms with Gasteiger partial charge in [-0.25, -0.2) is 14.8 Å². The van der Waals surface area contributed by atoms with Crippen molar-refractivity contribution in [3.05, 3.63) is 77.2 Å². The number of likely N-dealkylation sites (tertiary alicyclic amines) is 1. The molecule has 6 rings (SSSR count). The maximum atomic E-state index is 14.0. The molecule has 1 fully saturated rings. The van der Waals surface area contributed by atoms with Crippen LogP contribution in [0.4, 0.5) is 15.6 Å². The Morgan fingerprint density at radius 1 is 0.824 bits per heavy atom. The minimum absolute atomic E-state index is 0.0253. The molecule has 4 heterocycles. The number of hydrogen-bond donors (Lipinski definition) is 5. The van der Waals surface area contributed by atoms with Crippen molar-refractivity contribution in [1.29, 1.82) is 0 Å². The van der Waals surface area contributed by atoms with E-state index in [0.717, 1.165) is 88.0 Å². The normalized spacial score (nSPS) is 15.3. The number of carbonyl (C=O) groups is 5. The standard InChI is InChI=1S/C51H66N8O7S2/c1-31(2)66-50(65)56-40-24-37(28-52-32(40)3)36-22-23-39-42(25-36)68-49(55-39)58-44(62)17-15-13-11-9-8-10-12-14-16-43(61)57-46(51(5,6)7)48(64)59-29-38(60)26-41(59)47(63)53-27-34-18-20-35(21-19-34)45-33(4)54-30-67-45/h18-25,28,30-31,38,41,46,60H,8-17,26-27,29H2,1-7H3,(H,53,63)(H,56,65)(H,57,61)(H,55,58,62)/t38-,41+,46-/m1/s1. The molecular formula is C51H66N8O7S2. The number of aliphatic hydroxyl groups is 1. The minimum atomic E-state index is -0.860. The summed E-state index contributed by atoms with van der Waals surface area (Å²) in [6.45, 7) is 13.3. The second kappa shape index (κ2) is 24.0. The predicted octanol–water partition coefficient (Wildman–Crippen LogP) is 9.70. The van der Waals surface area contributed by atoms with E-state index in [1.165, 1.54) is 16.2 Å². The molecular weight excluding hydrogens is 901 g/mol. The van der Waals surface area contributed by atoms with Gasteiger partial charge < -0.3 is 30.7 Å². The lowest BCUT2D eigenvalue weighted by molar-refractivity contribution is -0.144. The third-order valence-electron chi connectivity index (χ3n) is 11.9. The fourth-order valence-corrected chi connectivity index (χ4v) is 9.89. The zero-order valence-electron chi connectivity index (χ0n) is 40.3. The first-order valence-corrected chi connectivity index (χ1v) is 25.3. The molecule has 364 valence electrons. The average Bonchev–Trinajstić information content (AvgIpc) is 4.02. The largest absolute Gasteiger partial charge is 0.447 e. The number of thiazole rings is 2. The highest BCUT2D eigenvalue weighted by atomic mass is 32.1. The summed E-state index contributed by atoms with van der Waals surface area (Å²) < 4.78 is 6.14. The van der Waals surface area contributed by atoms with Gasteiger partial charge >= 0.3 is 6.09 Å². The van der Waals surface area contributed by atoms with E-state index >= 15 is 0 Å². The van der Waals surface area contributed by atoms with Crippen molar-refractivity contribution < 1.29 is 33.8 Å². The summed E-state index contributed by atoms with van der Waals surface area (Å²) in [6, 6.07) is 13.9. The Kier molecular flexibility index (Phi) is 18.2. The van der Waals surface area contributed by atoms with Crippen LogP contribution in [0.15, 0.2) is 60.2 Å². The van der Waals surface area contributed by atoms with E-state index < -0.39 is 29.7 Å². The fraction of sp³-hybridized carbons (Fsp3) is 0.490. The number of anilines is 2. The van der Waals surface area contributed by atoms with E-state index in [1.807, 2.05) is 88.7 Å². The predicted molar refractivity (Wildman–Crippen MR) is 269 cm³/mol. The second-order valence-electron chi connectivity index (χ2n) is 19.0. The number of aliphatic hydroxyl groups excluding tert-OH is 1. The molecule has 17 heteroatoms. The van der Waals surface area contributed by atoms with Crippen molar-refractivity contribution >= 4 is 73.4 Å². The molecule has 15 nitrogen and oxygen atoms in total. The van der Waals surface area contributed by atoms with Gasteiger partial charge in [0.25, 0.3) is 0 Å². The summed E-state index contributed by atoms with van der Waals surface area (Å²) in [7, 11) is 0. The SMILES string of the molecule is Cc1ncc(-c2ccc3nc(NC(=O)CCCCCCCCCCC(=O)N[C@H](C(=O)N4C[C@H](O)C[C@H]4C(=O)NCc4ccc(-c5scnc5C)cc4)C(C)(C)C)sc3c2)cc1NC(=O)OC(C)C. The smallest absolute Gasteiger partial charge is 0.411 e. The molecule has 2 aromatic carbocycles. The van der Waals surface area contributed by atoms with Crippen LogP contribution in [0.2, 0.25) is 0 Å². The zero-order chi connectivity index (χ0) is 49.0. The maximum Gasteiger partial charge on any atom is 0.411 e. The Labute approximate surface area is 407 Å². The molecule has 1 aliphatic heterocycles. The number of unbranched alkanes of at least 4 members (excludes halogenated alkanes) is 7. The van der Waals surface area contributed by atoms with Crippen LogP contribution in [-0.2, 0) is 30.5 Å². The maximum absolute atomic E-state index is 14.0. The van der Waals surface area contributed by atoms with Gasteiger partial charge in [0, 0.05) is 44.1 Å². The second-order valence-corrected chi connectivity index (χ2v) is 20.8. The van der Waals surface area contributed by atoms with Crippen molar-refractivity contribution in [2.24, 2.45) is 5.41 Å². The van der Waals surface area contributed by atoms with E-state index in [-0.39, 0.29) is 49.2 Å². The van der Waals surface area contributed by atoms with Crippen molar-refractivity contribution in [2.45, 2.75) is 150 Å². The molecule has 0 radical (unpaired) electrons. The molecule has 1 aliphatic rings. The third kappa shape index (κ3) is 14.6. The third-order valence-corrected chi connectivity index (χ3v) is 13.8. The molecule has 0 bridgehead atoms. The van der Waals surface area contributed by atoms with Crippen molar-refractivity contribution in [3.63, 3.8) is 0 Å². The highest BCUT2D eigenvalue weighted by Crippen LogP contribution is 2.33. The Morgan fingerprint density at radius 3 is 2.13 bits per heavy atom. The molecule has 5 aromatic rings. The van der Waals surface area contributed by atoms with Gasteiger partial charge in [0.05, 0.1) is 49.9 Å². The lowest BCUT2D eigenvalue weighted by Crippen LogP contribution is -2.57. The van der Waals surface area contributed by atoms with Crippen LogP contribution in [-0.4, -0.2) is 85.5 Å². The van der Waals surface area contributed by atoms with E-state index in [2.05, 4.69) is 36.2 Å². The molecule has 0 saturated carbocycles. The van der Waals surface area contributed by atoms with Crippen molar-refractivity contribution in [2.75, 3.05) is 17.2 Å². The molecule has 5 N–H and O–H groups in total. The first-order valence-electron chi connectivity index (χ1n) is 23.6. The van der Waals surface area contributed by atoms with Crippen molar-refractivity contribution in [3.8, 4) is 21.6 Å². The number of rotatable bonds is 21. The van der Waals surface area contributed by atoms with E-state index in [9.17, 15) is 29.1 Å². The van der Waals surface area contributed by atoms with Crippen LogP contribution in [0.5, 0.6) is 0 Å². The number of fused-ring (bicyclic) bond motifs is 1. The molecule has 0 aliphatic carbocycles. The number of β-amino-alcohol motifs (C(OH)–C–C–N with tert-alkyl or cyclic N) is 1. The summed E-state index contributed by atoms with van der Waals surface area (Å²) >= 11 is 2.99. The van der Waals surface area contributed by atoms with Crippen LogP contribution in [0, 0.1) is 19.3 Å². The summed E-state index contributed by atoms with van der Waals surface area (Å²) in [5.74, 6) is -0.983. The number of benzene rings is 2. The lowest BCUT2D eigenvalue weighted by atomic mass is 9.85. The molecule has 3 atom stereocenters. The average molecular weight is 967 g/mol. The highest BCUT2D eigenvalue weighted by Gasteiger charge is 2.44. The number of pyridine rings is 1. The number of amides is 5. The van der Waals surface area contributed by atoms with Gasteiger partial charge in [-0.1, -0.05) is 101 Å². The van der Waals surface area contributed by atoms with Gasteiger partial charge in [0.15, 0.2) is 5.13 Å². The topological polar surface area (TPSA) is 205 Å². The van der Waals surface area contributed by atoms with Crippen LogP contribution in [0.3, 0.4) is 0 Å². The van der Waals surface area contributed by atoms with Crippen LogP contribution in [0.25, 0.3) is 31.8 Å². The monoisotopic (exact) mass is 966 g/mol. The summed E-state index contributed by atoms with van der Waals surface area (Å²) in [5, 5.41) is 22.8. The number of aryl methyl sites for hydroxylation is 2. The number of nitrogens with one attached hydrogen (secondary N) is 4. The van der Waals surface area contributed by atoms with E-state index in [0.29, 0.717) is 35.8 Å². The summed E-state index contributed by atoms with van der Waals surface area (Å²) in [6.07, 6.45) is 8.35. The molecule has 0 unspecified atom stereocenters. The molecule has 3 aromatic heterocycles. The Morgan fingerprint density at radius 2 is 1.49 bits per heavy atom. The van der Waals surface area contributed by atoms with Gasteiger partial charge in [0.1, 0.15) is 12.1 Å². The van der Waals surface area contributed by atoms with Gasteiger partial charge in [-0.05, 0) is 80.8 Å². The Balaban J connectivity index is 0.855. The summed E-state index contributed by atoms with van der Waals surface area (Å²) in [4.78, 5) is 81.5. The van der Waals surface area contributed by atoms with Gasteiger partial charge in [0.2, 0.25) is 23.6 Å². The van der Waals surface area contributed by atoms with Crippen molar-refractivity contribution in [1.82, 2.24) is 30.5 Å². The summed E-state index contributed by atoms with van der Waals surface area (Å²) in [5.41, 5.74) is 7.90. The van der Waals surface area contributed by atoms with Crippen LogP contribution < -0.4 is 21.3 Å². The Bertz CT molecular complexity index is 2530. The first-order chi connectivity index (χ1) is 32.4. The number of hydrogen-bond acceptors (Lipinski definition) is 12. The van der Waals surface area contributed by atoms with Gasteiger partial charge in [-0.2, -0.15) is 0 Å². The number of nitrogens with zero attached hydrogens (tertiary/aromatic N) is 4. The first kappa shape index (κ1) is 51.6. The zero-order valence-corrected chi connectivity index (χ0v) is 41.9. The quantitative estimate of drug-likeness (QED) is 0.0440. The molecule has 0 spiro atoms. The number of aromatic nitrogens is 3. The number of ether oxygens (including phenoxy) is 1. The minimum Gasteiger partial charge on any atom is -0.447 e. The molecule has 5 amide bonds. The van der Waals surface area contributed by atoms with E-state index in [1.54, 1.807) is 31.4 Å². The Hall–Kier alpha value is -5.78. The highest BCUT2D eigenvalue weighted by molar-refractivity contribution is 7.22. The van der Waals surface area contributed by atoms with Gasteiger partial charge in [-0.3, -0.25) is 29.5 Å². The molecule has 68 heavy (non-hydrogen) atoms. The van der Waals surface area contributed by atoms with E-state index in [4.69, 9.17) is 4.74 Å². The van der Waals surface area contributed by atoms with Crippen LogP contribution >= 0.6 is 22.7 Å². The number of carbonyl (C=O) groups excluding carboxylic acids is 5. The fourth-order valence-electron chi connectivity index (χ4n) is 8.16. The lowest BCUT2D eigenvalue weighted by Gasteiger charge is -2.35.